The Balaban J connectivity index is 1.89. The molecule has 0 fully saturated rings. The molecule has 0 unspecified atom stereocenters. The van der Waals surface area contributed by atoms with Gasteiger partial charge in [-0.15, -0.1) is 0 Å². The molecule has 0 heterocycles. The van der Waals surface area contributed by atoms with Gasteiger partial charge in [-0.25, -0.2) is 4.79 Å². The molecule has 0 aromatic heterocycles. The molecule has 1 aliphatic carbocycles. The third kappa shape index (κ3) is 4.22. The Bertz CT molecular complexity index is 672. The number of benzene rings is 2. The number of carbonyl (C=O) groups is 1. The summed E-state index contributed by atoms with van der Waals surface area (Å²) < 4.78 is 5.93. The summed E-state index contributed by atoms with van der Waals surface area (Å²) in [6, 6.07) is 17.1. The molecule has 132 valence electrons. The zero-order chi connectivity index (χ0) is 17.6. The van der Waals surface area contributed by atoms with Crippen molar-refractivity contribution in [1.29, 1.82) is 0 Å². The molecule has 2 aromatic carbocycles. The van der Waals surface area contributed by atoms with E-state index in [-0.39, 0.29) is 12.2 Å². The largest absolute Gasteiger partial charge is 0.445 e. The lowest BCUT2D eigenvalue weighted by Gasteiger charge is -2.24. The van der Waals surface area contributed by atoms with Gasteiger partial charge in [0.15, 0.2) is 0 Å². The summed E-state index contributed by atoms with van der Waals surface area (Å²) in [5, 5.41) is 0. The predicted molar refractivity (Wildman–Crippen MR) is 101 cm³/mol. The summed E-state index contributed by atoms with van der Waals surface area (Å²) in [5.74, 6) is 0. The van der Waals surface area contributed by atoms with Crippen molar-refractivity contribution in [3.05, 3.63) is 70.8 Å². The van der Waals surface area contributed by atoms with Gasteiger partial charge in [0.05, 0.1) is 0 Å². The lowest BCUT2D eigenvalue weighted by molar-refractivity contribution is 0.0653. The van der Waals surface area contributed by atoms with Crippen LogP contribution in [0.5, 0.6) is 0 Å². The number of nitrogens with zero attached hydrogens (tertiary/aromatic N) is 1. The SMILES string of the molecule is CCN(CC)C(=O)OC1Cc2ccccc2CCc2ccccc2C1. The van der Waals surface area contributed by atoms with Crippen molar-refractivity contribution in [2.24, 2.45) is 0 Å². The number of aryl methyl sites for hydroxylation is 2. The third-order valence-electron chi connectivity index (χ3n) is 5.08. The molecule has 0 radical (unpaired) electrons. The fourth-order valence-electron chi connectivity index (χ4n) is 3.62. The number of fused-ring (bicyclic) bond motifs is 2. The number of ether oxygens (including phenoxy) is 1. The minimum Gasteiger partial charge on any atom is -0.445 e. The van der Waals surface area contributed by atoms with Gasteiger partial charge >= 0.3 is 6.09 Å². The summed E-state index contributed by atoms with van der Waals surface area (Å²) in [6.45, 7) is 5.32. The van der Waals surface area contributed by atoms with Gasteiger partial charge < -0.3 is 9.64 Å². The fraction of sp³-hybridized carbons (Fsp3) is 0.409. The topological polar surface area (TPSA) is 29.5 Å². The van der Waals surface area contributed by atoms with Crippen LogP contribution in [0.4, 0.5) is 4.79 Å². The number of amides is 1. The molecule has 3 rings (SSSR count). The lowest BCUT2D eigenvalue weighted by atomic mass is 9.98. The van der Waals surface area contributed by atoms with Gasteiger partial charge in [0.25, 0.3) is 0 Å². The van der Waals surface area contributed by atoms with E-state index in [4.69, 9.17) is 4.74 Å². The van der Waals surface area contributed by atoms with Crippen molar-refractivity contribution in [3.63, 3.8) is 0 Å². The van der Waals surface area contributed by atoms with Gasteiger partial charge in [0.2, 0.25) is 0 Å². The van der Waals surface area contributed by atoms with E-state index in [0.29, 0.717) is 13.1 Å². The minimum atomic E-state index is -0.204. The van der Waals surface area contributed by atoms with Crippen LogP contribution in [0.15, 0.2) is 48.5 Å². The Labute approximate surface area is 150 Å². The minimum absolute atomic E-state index is 0.131. The van der Waals surface area contributed by atoms with Crippen molar-refractivity contribution < 1.29 is 9.53 Å². The van der Waals surface area contributed by atoms with Crippen LogP contribution < -0.4 is 0 Å². The lowest BCUT2D eigenvalue weighted by Crippen LogP contribution is -2.35. The van der Waals surface area contributed by atoms with Crippen LogP contribution in [0.25, 0.3) is 0 Å². The molecule has 1 amide bonds. The molecule has 0 atom stereocenters. The molecule has 25 heavy (non-hydrogen) atoms. The first kappa shape index (κ1) is 17.5. The normalized spacial score (nSPS) is 14.5. The second-order valence-electron chi connectivity index (χ2n) is 6.62. The van der Waals surface area contributed by atoms with Crippen LogP contribution in [0.1, 0.15) is 36.1 Å². The Morgan fingerprint density at radius 3 is 1.76 bits per heavy atom. The van der Waals surface area contributed by atoms with Crippen LogP contribution in [-0.2, 0) is 30.4 Å². The van der Waals surface area contributed by atoms with Gasteiger partial charge in [0.1, 0.15) is 6.10 Å². The van der Waals surface area contributed by atoms with Crippen LogP contribution >= 0.6 is 0 Å². The molecule has 1 aliphatic rings. The van der Waals surface area contributed by atoms with Crippen LogP contribution in [0, 0.1) is 0 Å². The molecular formula is C22H27NO2. The van der Waals surface area contributed by atoms with E-state index in [2.05, 4.69) is 48.5 Å². The molecule has 3 heteroatoms. The monoisotopic (exact) mass is 337 g/mol. The van der Waals surface area contributed by atoms with E-state index in [0.717, 1.165) is 25.7 Å². The summed E-state index contributed by atoms with van der Waals surface area (Å²) in [5.41, 5.74) is 5.33. The molecule has 0 saturated carbocycles. The van der Waals surface area contributed by atoms with Crippen molar-refractivity contribution in [2.45, 2.75) is 45.6 Å². The standard InChI is InChI=1S/C22H27NO2/c1-3-23(4-2)22(24)25-21-15-19-11-7-5-9-17(19)13-14-18-10-6-8-12-20(18)16-21/h5-12,21H,3-4,13-16H2,1-2H3. The molecule has 0 saturated heterocycles. The van der Waals surface area contributed by atoms with E-state index < -0.39 is 0 Å². The predicted octanol–water partition coefficient (Wildman–Crippen LogP) is 4.42. The number of carbonyl (C=O) groups excluding carboxylic acids is 1. The Morgan fingerprint density at radius 1 is 0.880 bits per heavy atom. The first-order valence-electron chi connectivity index (χ1n) is 9.30. The Kier molecular flexibility index (Phi) is 5.75. The highest BCUT2D eigenvalue weighted by Gasteiger charge is 2.22. The molecular weight excluding hydrogens is 310 g/mol. The van der Waals surface area contributed by atoms with Gasteiger partial charge in [-0.1, -0.05) is 48.5 Å². The van der Waals surface area contributed by atoms with Crippen LogP contribution in [0.2, 0.25) is 0 Å². The Hall–Kier alpha value is -2.29. The van der Waals surface area contributed by atoms with E-state index in [1.54, 1.807) is 4.90 Å². The Morgan fingerprint density at radius 2 is 1.32 bits per heavy atom. The van der Waals surface area contributed by atoms with Crippen molar-refractivity contribution in [3.8, 4) is 0 Å². The second kappa shape index (κ2) is 8.19. The number of hydrogen-bond acceptors (Lipinski definition) is 2. The third-order valence-corrected chi connectivity index (χ3v) is 5.08. The van der Waals surface area contributed by atoms with Crippen molar-refractivity contribution in [1.82, 2.24) is 4.90 Å². The van der Waals surface area contributed by atoms with E-state index in [1.807, 2.05) is 13.8 Å². The molecule has 3 nitrogen and oxygen atoms in total. The average Bonchev–Trinajstić information content (AvgIpc) is 2.69. The van der Waals surface area contributed by atoms with Crippen LogP contribution in [0.3, 0.4) is 0 Å². The fourth-order valence-corrected chi connectivity index (χ4v) is 3.62. The molecule has 0 N–H and O–H groups in total. The zero-order valence-corrected chi connectivity index (χ0v) is 15.2. The summed E-state index contributed by atoms with van der Waals surface area (Å²) in [4.78, 5) is 14.2. The second-order valence-corrected chi connectivity index (χ2v) is 6.62. The highest BCUT2D eigenvalue weighted by Crippen LogP contribution is 2.23. The van der Waals surface area contributed by atoms with E-state index in [1.165, 1.54) is 22.3 Å². The van der Waals surface area contributed by atoms with Gasteiger partial charge in [-0.2, -0.15) is 0 Å². The zero-order valence-electron chi connectivity index (χ0n) is 15.2. The quantitative estimate of drug-likeness (QED) is 0.830. The van der Waals surface area contributed by atoms with Gasteiger partial charge in [-0.05, 0) is 48.9 Å². The number of hydrogen-bond donors (Lipinski definition) is 0. The molecule has 0 aliphatic heterocycles. The molecule has 0 bridgehead atoms. The maximum absolute atomic E-state index is 12.5. The maximum Gasteiger partial charge on any atom is 0.410 e. The van der Waals surface area contributed by atoms with Crippen LogP contribution in [-0.4, -0.2) is 30.2 Å². The van der Waals surface area contributed by atoms with Crippen molar-refractivity contribution >= 4 is 6.09 Å². The van der Waals surface area contributed by atoms with Gasteiger partial charge in [-0.3, -0.25) is 0 Å². The summed E-state index contributed by atoms with van der Waals surface area (Å²) >= 11 is 0. The average molecular weight is 337 g/mol. The summed E-state index contributed by atoms with van der Waals surface area (Å²) in [6.07, 6.45) is 3.28. The first-order valence-corrected chi connectivity index (χ1v) is 9.30. The van der Waals surface area contributed by atoms with E-state index >= 15 is 0 Å². The molecule has 0 spiro atoms. The smallest absolute Gasteiger partial charge is 0.410 e. The maximum atomic E-state index is 12.5. The number of rotatable bonds is 3. The highest BCUT2D eigenvalue weighted by atomic mass is 16.6. The first-order chi connectivity index (χ1) is 12.2. The van der Waals surface area contributed by atoms with Crippen molar-refractivity contribution in [2.75, 3.05) is 13.1 Å². The molecule has 2 aromatic rings. The van der Waals surface area contributed by atoms with Gasteiger partial charge in [0, 0.05) is 25.9 Å². The highest BCUT2D eigenvalue weighted by molar-refractivity contribution is 5.67. The van der Waals surface area contributed by atoms with E-state index in [9.17, 15) is 4.79 Å². The summed E-state index contributed by atoms with van der Waals surface area (Å²) in [7, 11) is 0.